The number of hydrogen-bond donors (Lipinski definition) is 2. The van der Waals surface area contributed by atoms with E-state index in [1.165, 1.54) is 0 Å². The van der Waals surface area contributed by atoms with Gasteiger partial charge in [-0.1, -0.05) is 0 Å². The van der Waals surface area contributed by atoms with Crippen LogP contribution < -0.4 is 10.6 Å². The Morgan fingerprint density at radius 2 is 2.28 bits per heavy atom. The first-order chi connectivity index (χ1) is 8.76. The molecule has 0 bridgehead atoms. The zero-order valence-electron chi connectivity index (χ0n) is 11.4. The third-order valence-corrected chi connectivity index (χ3v) is 2.27. The maximum absolute atomic E-state index is 5.27. The zero-order valence-corrected chi connectivity index (χ0v) is 11.4. The summed E-state index contributed by atoms with van der Waals surface area (Å²) in [7, 11) is 1.90. The number of aliphatic imine (C=N–C) groups is 1. The summed E-state index contributed by atoms with van der Waals surface area (Å²) in [5, 5.41) is 10.5. The molecule has 0 aliphatic rings. The highest BCUT2D eigenvalue weighted by Crippen LogP contribution is 1.97. The Hall–Kier alpha value is -1.56. The van der Waals surface area contributed by atoms with E-state index in [9.17, 15) is 0 Å². The first-order valence-corrected chi connectivity index (χ1v) is 6.33. The van der Waals surface area contributed by atoms with E-state index in [1.807, 2.05) is 33.3 Å². The lowest BCUT2D eigenvalue weighted by atomic mass is 10.4. The standard InChI is InChI=1S/C12H23N5O/c1-4-13-12(14-6-7-18-5-2)15-8-11-9-16-17(3)10-11/h9-10H,4-8H2,1-3H3,(H2,13,14,15). The highest BCUT2D eigenvalue weighted by Gasteiger charge is 1.98. The van der Waals surface area contributed by atoms with E-state index < -0.39 is 0 Å². The van der Waals surface area contributed by atoms with Gasteiger partial charge in [-0.05, 0) is 13.8 Å². The number of nitrogens with zero attached hydrogens (tertiary/aromatic N) is 3. The number of ether oxygens (including phenoxy) is 1. The molecule has 1 aromatic rings. The fourth-order valence-corrected chi connectivity index (χ4v) is 1.45. The molecule has 0 spiro atoms. The SMILES string of the molecule is CCNC(=NCc1cnn(C)c1)NCCOCC. The smallest absolute Gasteiger partial charge is 0.191 e. The number of hydrogen-bond acceptors (Lipinski definition) is 3. The molecule has 0 aliphatic heterocycles. The molecule has 1 heterocycles. The normalized spacial score (nSPS) is 11.6. The molecule has 6 nitrogen and oxygen atoms in total. The Kier molecular flexibility index (Phi) is 6.86. The van der Waals surface area contributed by atoms with Crippen LogP contribution in [0.4, 0.5) is 0 Å². The molecule has 0 amide bonds. The van der Waals surface area contributed by atoms with Gasteiger partial charge in [-0.15, -0.1) is 0 Å². The topological polar surface area (TPSA) is 63.5 Å². The van der Waals surface area contributed by atoms with Crippen molar-refractivity contribution < 1.29 is 4.74 Å². The van der Waals surface area contributed by atoms with Crippen molar-refractivity contribution in [3.8, 4) is 0 Å². The predicted octanol–water partition coefficient (Wildman–Crippen LogP) is 0.512. The maximum atomic E-state index is 5.27. The van der Waals surface area contributed by atoms with Crippen LogP contribution in [0.15, 0.2) is 17.4 Å². The fraction of sp³-hybridized carbons (Fsp3) is 0.667. The van der Waals surface area contributed by atoms with E-state index in [2.05, 4.69) is 20.7 Å². The minimum Gasteiger partial charge on any atom is -0.380 e. The molecular weight excluding hydrogens is 230 g/mol. The molecule has 6 heteroatoms. The monoisotopic (exact) mass is 253 g/mol. The van der Waals surface area contributed by atoms with Gasteiger partial charge in [-0.2, -0.15) is 5.10 Å². The van der Waals surface area contributed by atoms with E-state index in [0.29, 0.717) is 13.2 Å². The van der Waals surface area contributed by atoms with Crippen LogP contribution in [0.25, 0.3) is 0 Å². The number of aromatic nitrogens is 2. The lowest BCUT2D eigenvalue weighted by Gasteiger charge is -2.10. The number of rotatable bonds is 7. The quantitative estimate of drug-likeness (QED) is 0.422. The molecule has 0 aliphatic carbocycles. The zero-order chi connectivity index (χ0) is 13.2. The number of guanidine groups is 1. The van der Waals surface area contributed by atoms with Crippen molar-refractivity contribution in [2.24, 2.45) is 12.0 Å². The van der Waals surface area contributed by atoms with E-state index in [0.717, 1.165) is 31.2 Å². The Labute approximate surface area is 108 Å². The van der Waals surface area contributed by atoms with Crippen molar-refractivity contribution in [2.75, 3.05) is 26.3 Å². The number of aryl methyl sites for hydroxylation is 1. The molecular formula is C12H23N5O. The summed E-state index contributed by atoms with van der Waals surface area (Å²) in [4.78, 5) is 4.48. The van der Waals surface area contributed by atoms with Crippen LogP contribution in [0.1, 0.15) is 19.4 Å². The summed E-state index contributed by atoms with van der Waals surface area (Å²) in [6.45, 7) is 7.68. The molecule has 0 aromatic carbocycles. The molecule has 0 saturated heterocycles. The van der Waals surface area contributed by atoms with Crippen LogP contribution in [0.5, 0.6) is 0 Å². The third-order valence-electron chi connectivity index (χ3n) is 2.27. The Morgan fingerprint density at radius 1 is 1.44 bits per heavy atom. The summed E-state index contributed by atoms with van der Waals surface area (Å²) in [5.74, 6) is 0.807. The average molecular weight is 253 g/mol. The van der Waals surface area contributed by atoms with Crippen molar-refractivity contribution in [2.45, 2.75) is 20.4 Å². The van der Waals surface area contributed by atoms with Gasteiger partial charge in [-0.3, -0.25) is 4.68 Å². The van der Waals surface area contributed by atoms with Crippen LogP contribution >= 0.6 is 0 Å². The van der Waals surface area contributed by atoms with Crippen LogP contribution in [0.3, 0.4) is 0 Å². The first kappa shape index (κ1) is 14.5. The van der Waals surface area contributed by atoms with Gasteiger partial charge in [0.1, 0.15) is 0 Å². The van der Waals surface area contributed by atoms with Crippen LogP contribution in [-0.4, -0.2) is 42.0 Å². The second-order valence-electron chi connectivity index (χ2n) is 3.84. The van der Waals surface area contributed by atoms with Gasteiger partial charge in [0.15, 0.2) is 5.96 Å². The summed E-state index contributed by atoms with van der Waals surface area (Å²) < 4.78 is 7.05. The lowest BCUT2D eigenvalue weighted by Crippen LogP contribution is -2.38. The van der Waals surface area contributed by atoms with Crippen molar-refractivity contribution >= 4 is 5.96 Å². The average Bonchev–Trinajstić information content (AvgIpc) is 2.77. The van der Waals surface area contributed by atoms with Crippen molar-refractivity contribution in [3.63, 3.8) is 0 Å². The molecule has 0 radical (unpaired) electrons. The molecule has 0 atom stereocenters. The number of nitrogens with one attached hydrogen (secondary N) is 2. The Bertz CT molecular complexity index is 361. The predicted molar refractivity (Wildman–Crippen MR) is 72.5 cm³/mol. The Balaban J connectivity index is 2.39. The minimum absolute atomic E-state index is 0.623. The van der Waals surface area contributed by atoms with E-state index >= 15 is 0 Å². The second kappa shape index (κ2) is 8.52. The molecule has 1 rings (SSSR count). The highest BCUT2D eigenvalue weighted by atomic mass is 16.5. The maximum Gasteiger partial charge on any atom is 0.191 e. The van der Waals surface area contributed by atoms with Crippen molar-refractivity contribution in [1.29, 1.82) is 0 Å². The van der Waals surface area contributed by atoms with Crippen LogP contribution in [0, 0.1) is 0 Å². The minimum atomic E-state index is 0.623. The van der Waals surface area contributed by atoms with Crippen molar-refractivity contribution in [3.05, 3.63) is 18.0 Å². The summed E-state index contributed by atoms with van der Waals surface area (Å²) in [5.41, 5.74) is 1.10. The Morgan fingerprint density at radius 3 is 2.89 bits per heavy atom. The molecule has 1 aromatic heterocycles. The van der Waals surface area contributed by atoms with E-state index in [-0.39, 0.29) is 0 Å². The molecule has 18 heavy (non-hydrogen) atoms. The third kappa shape index (κ3) is 5.67. The van der Waals surface area contributed by atoms with Gasteiger partial charge >= 0.3 is 0 Å². The van der Waals surface area contributed by atoms with Gasteiger partial charge in [0.2, 0.25) is 0 Å². The van der Waals surface area contributed by atoms with E-state index in [1.54, 1.807) is 4.68 Å². The highest BCUT2D eigenvalue weighted by molar-refractivity contribution is 5.79. The first-order valence-electron chi connectivity index (χ1n) is 6.33. The summed E-state index contributed by atoms with van der Waals surface area (Å²) >= 11 is 0. The summed E-state index contributed by atoms with van der Waals surface area (Å²) in [6, 6.07) is 0. The van der Waals surface area contributed by atoms with Gasteiger partial charge in [-0.25, -0.2) is 4.99 Å². The lowest BCUT2D eigenvalue weighted by molar-refractivity contribution is 0.152. The molecule has 0 saturated carbocycles. The molecule has 0 fully saturated rings. The van der Waals surface area contributed by atoms with Gasteiger partial charge in [0, 0.05) is 38.5 Å². The second-order valence-corrected chi connectivity index (χ2v) is 3.84. The largest absolute Gasteiger partial charge is 0.380 e. The molecule has 102 valence electrons. The van der Waals surface area contributed by atoms with E-state index in [4.69, 9.17) is 4.74 Å². The van der Waals surface area contributed by atoms with Crippen LogP contribution in [0.2, 0.25) is 0 Å². The fourth-order valence-electron chi connectivity index (χ4n) is 1.45. The van der Waals surface area contributed by atoms with Gasteiger partial charge in [0.05, 0.1) is 19.3 Å². The summed E-state index contributed by atoms with van der Waals surface area (Å²) in [6.07, 6.45) is 3.79. The van der Waals surface area contributed by atoms with Gasteiger partial charge in [0.25, 0.3) is 0 Å². The van der Waals surface area contributed by atoms with Crippen molar-refractivity contribution in [1.82, 2.24) is 20.4 Å². The van der Waals surface area contributed by atoms with Crippen LogP contribution in [-0.2, 0) is 18.3 Å². The van der Waals surface area contributed by atoms with Gasteiger partial charge < -0.3 is 15.4 Å². The molecule has 0 unspecified atom stereocenters. The molecule has 2 N–H and O–H groups in total.